The number of aliphatic hydroxyl groups is 1. The molecule has 25 heavy (non-hydrogen) atoms. The largest absolute Gasteiger partial charge is 0.393 e. The van der Waals surface area contributed by atoms with Gasteiger partial charge >= 0.3 is 0 Å². The summed E-state index contributed by atoms with van der Waals surface area (Å²) in [6, 6.07) is 7.34. The van der Waals surface area contributed by atoms with Gasteiger partial charge < -0.3 is 15.7 Å². The van der Waals surface area contributed by atoms with Crippen LogP contribution in [0.15, 0.2) is 24.3 Å². The van der Waals surface area contributed by atoms with Crippen LogP contribution in [0.3, 0.4) is 0 Å². The summed E-state index contributed by atoms with van der Waals surface area (Å²) in [5.41, 5.74) is 1.59. The molecular formula is C20H32N2O3. The van der Waals surface area contributed by atoms with E-state index >= 15 is 0 Å². The molecule has 0 saturated carbocycles. The van der Waals surface area contributed by atoms with Crippen molar-refractivity contribution in [2.45, 2.75) is 60.0 Å². The Labute approximate surface area is 151 Å². The third-order valence-corrected chi connectivity index (χ3v) is 3.68. The predicted octanol–water partition coefficient (Wildman–Crippen LogP) is 3.13. The van der Waals surface area contributed by atoms with E-state index in [1.54, 1.807) is 6.92 Å². The number of anilines is 1. The average Bonchev–Trinajstić information content (AvgIpc) is 2.44. The molecule has 0 aromatic heterocycles. The van der Waals surface area contributed by atoms with Gasteiger partial charge in [0.05, 0.1) is 12.5 Å². The van der Waals surface area contributed by atoms with Gasteiger partial charge in [-0.15, -0.1) is 0 Å². The lowest BCUT2D eigenvalue weighted by molar-refractivity contribution is -0.120. The molecule has 0 aliphatic heterocycles. The van der Waals surface area contributed by atoms with Crippen molar-refractivity contribution >= 4 is 17.5 Å². The maximum absolute atomic E-state index is 12.0. The van der Waals surface area contributed by atoms with Crippen molar-refractivity contribution in [1.82, 2.24) is 5.32 Å². The SMILES string of the molecule is CC(O)CC(C)CNC(=O)Cc1ccc(NC(=O)CC(C)(C)C)cc1. The van der Waals surface area contributed by atoms with Gasteiger partial charge in [-0.25, -0.2) is 0 Å². The lowest BCUT2D eigenvalue weighted by Crippen LogP contribution is -2.30. The minimum absolute atomic E-state index is 0.00917. The van der Waals surface area contributed by atoms with Gasteiger partial charge in [-0.3, -0.25) is 9.59 Å². The number of nitrogens with one attached hydrogen (secondary N) is 2. The highest BCUT2D eigenvalue weighted by molar-refractivity contribution is 5.91. The Hall–Kier alpha value is -1.88. The van der Waals surface area contributed by atoms with Crippen molar-refractivity contribution in [2.24, 2.45) is 11.3 Å². The number of carbonyl (C=O) groups is 2. The maximum atomic E-state index is 12.0. The van der Waals surface area contributed by atoms with E-state index in [0.717, 1.165) is 11.3 Å². The number of hydrogen-bond donors (Lipinski definition) is 3. The van der Waals surface area contributed by atoms with Gasteiger partial charge in [0.25, 0.3) is 0 Å². The fraction of sp³-hybridized carbons (Fsp3) is 0.600. The first kappa shape index (κ1) is 21.2. The number of amides is 2. The van der Waals surface area contributed by atoms with Gasteiger partial charge in [-0.1, -0.05) is 39.8 Å². The van der Waals surface area contributed by atoms with E-state index in [2.05, 4.69) is 10.6 Å². The quantitative estimate of drug-likeness (QED) is 0.675. The van der Waals surface area contributed by atoms with Gasteiger partial charge in [-0.05, 0) is 42.4 Å². The van der Waals surface area contributed by atoms with Crippen molar-refractivity contribution in [3.8, 4) is 0 Å². The van der Waals surface area contributed by atoms with Crippen LogP contribution in [0.25, 0.3) is 0 Å². The van der Waals surface area contributed by atoms with Crippen LogP contribution in [-0.4, -0.2) is 29.6 Å². The maximum Gasteiger partial charge on any atom is 0.224 e. The monoisotopic (exact) mass is 348 g/mol. The highest BCUT2D eigenvalue weighted by atomic mass is 16.3. The fourth-order valence-corrected chi connectivity index (χ4v) is 2.59. The van der Waals surface area contributed by atoms with Crippen molar-refractivity contribution in [3.05, 3.63) is 29.8 Å². The van der Waals surface area contributed by atoms with Crippen LogP contribution < -0.4 is 10.6 Å². The highest BCUT2D eigenvalue weighted by Gasteiger charge is 2.16. The summed E-state index contributed by atoms with van der Waals surface area (Å²) in [4.78, 5) is 23.9. The molecule has 0 radical (unpaired) electrons. The zero-order valence-electron chi connectivity index (χ0n) is 16.1. The minimum atomic E-state index is -0.354. The second-order valence-electron chi connectivity index (χ2n) is 8.15. The second-order valence-corrected chi connectivity index (χ2v) is 8.15. The van der Waals surface area contributed by atoms with E-state index in [4.69, 9.17) is 0 Å². The molecule has 0 bridgehead atoms. The molecule has 5 heteroatoms. The number of rotatable bonds is 8. The Bertz CT molecular complexity index is 559. The van der Waals surface area contributed by atoms with E-state index in [1.165, 1.54) is 0 Å². The Morgan fingerprint density at radius 3 is 2.20 bits per heavy atom. The Kier molecular flexibility index (Phi) is 8.10. The van der Waals surface area contributed by atoms with Gasteiger partial charge in [0.1, 0.15) is 0 Å². The molecule has 2 atom stereocenters. The molecule has 3 N–H and O–H groups in total. The molecule has 0 saturated heterocycles. The number of carbonyl (C=O) groups excluding carboxylic acids is 2. The molecule has 1 aromatic carbocycles. The van der Waals surface area contributed by atoms with E-state index in [0.29, 0.717) is 25.8 Å². The summed E-state index contributed by atoms with van der Waals surface area (Å²) in [5.74, 6) is 0.191. The topological polar surface area (TPSA) is 78.4 Å². The molecule has 140 valence electrons. The zero-order valence-corrected chi connectivity index (χ0v) is 16.1. The third kappa shape index (κ3) is 9.87. The first-order valence-corrected chi connectivity index (χ1v) is 8.89. The summed E-state index contributed by atoms with van der Waals surface area (Å²) in [7, 11) is 0. The Morgan fingerprint density at radius 1 is 1.08 bits per heavy atom. The molecule has 2 amide bonds. The van der Waals surface area contributed by atoms with Crippen LogP contribution in [0.2, 0.25) is 0 Å². The normalized spacial score (nSPS) is 13.8. The van der Waals surface area contributed by atoms with Crippen molar-refractivity contribution < 1.29 is 14.7 Å². The van der Waals surface area contributed by atoms with Gasteiger partial charge in [0.2, 0.25) is 11.8 Å². The van der Waals surface area contributed by atoms with Gasteiger partial charge in [-0.2, -0.15) is 0 Å². The smallest absolute Gasteiger partial charge is 0.224 e. The van der Waals surface area contributed by atoms with Crippen LogP contribution in [0.4, 0.5) is 5.69 Å². The van der Waals surface area contributed by atoms with E-state index in [1.807, 2.05) is 52.0 Å². The van der Waals surface area contributed by atoms with Crippen LogP contribution >= 0.6 is 0 Å². The number of hydrogen-bond acceptors (Lipinski definition) is 3. The summed E-state index contributed by atoms with van der Waals surface area (Å²) in [5, 5.41) is 15.1. The molecule has 0 aliphatic rings. The number of aliphatic hydroxyl groups excluding tert-OH is 1. The lowest BCUT2D eigenvalue weighted by atomic mass is 9.92. The molecule has 0 fully saturated rings. The van der Waals surface area contributed by atoms with Crippen LogP contribution in [0.5, 0.6) is 0 Å². The molecule has 1 aromatic rings. The van der Waals surface area contributed by atoms with Crippen molar-refractivity contribution in [2.75, 3.05) is 11.9 Å². The summed E-state index contributed by atoms with van der Waals surface area (Å²) >= 11 is 0. The Morgan fingerprint density at radius 2 is 1.68 bits per heavy atom. The highest BCUT2D eigenvalue weighted by Crippen LogP contribution is 2.19. The van der Waals surface area contributed by atoms with E-state index in [9.17, 15) is 14.7 Å². The molecule has 2 unspecified atom stereocenters. The lowest BCUT2D eigenvalue weighted by Gasteiger charge is -2.17. The van der Waals surface area contributed by atoms with Crippen LogP contribution in [0, 0.1) is 11.3 Å². The van der Waals surface area contributed by atoms with Gasteiger partial charge in [0.15, 0.2) is 0 Å². The molecule has 0 heterocycles. The molecule has 5 nitrogen and oxygen atoms in total. The Balaban J connectivity index is 2.43. The first-order chi connectivity index (χ1) is 11.5. The van der Waals surface area contributed by atoms with Crippen molar-refractivity contribution in [3.63, 3.8) is 0 Å². The predicted molar refractivity (Wildman–Crippen MR) is 101 cm³/mol. The van der Waals surface area contributed by atoms with Crippen LogP contribution in [0.1, 0.15) is 53.0 Å². The summed E-state index contributed by atoms with van der Waals surface area (Å²) in [6.45, 7) is 10.4. The number of benzene rings is 1. The molecule has 0 spiro atoms. The molecule has 0 aliphatic carbocycles. The van der Waals surface area contributed by atoms with Gasteiger partial charge in [0, 0.05) is 18.7 Å². The standard InChI is InChI=1S/C20H32N2O3/c1-14(10-15(2)23)13-21-18(24)11-16-6-8-17(9-7-16)22-19(25)12-20(3,4)5/h6-9,14-15,23H,10-13H2,1-5H3,(H,21,24)(H,22,25). The summed E-state index contributed by atoms with van der Waals surface area (Å²) < 4.78 is 0. The summed E-state index contributed by atoms with van der Waals surface area (Å²) in [6.07, 6.45) is 1.08. The minimum Gasteiger partial charge on any atom is -0.393 e. The van der Waals surface area contributed by atoms with Crippen LogP contribution in [-0.2, 0) is 16.0 Å². The molecular weight excluding hydrogens is 316 g/mol. The zero-order chi connectivity index (χ0) is 19.0. The first-order valence-electron chi connectivity index (χ1n) is 8.89. The average molecular weight is 348 g/mol. The van der Waals surface area contributed by atoms with Crippen molar-refractivity contribution in [1.29, 1.82) is 0 Å². The van der Waals surface area contributed by atoms with E-state index < -0.39 is 0 Å². The fourth-order valence-electron chi connectivity index (χ4n) is 2.59. The second kappa shape index (κ2) is 9.56. The third-order valence-electron chi connectivity index (χ3n) is 3.68. The molecule has 1 rings (SSSR count). The van der Waals surface area contributed by atoms with E-state index in [-0.39, 0.29) is 29.3 Å².